The van der Waals surface area contributed by atoms with E-state index in [0.29, 0.717) is 10.7 Å². The van der Waals surface area contributed by atoms with Crippen LogP contribution >= 0.6 is 24.0 Å². The van der Waals surface area contributed by atoms with Crippen molar-refractivity contribution in [1.29, 1.82) is 0 Å². The molecule has 98 valence electrons. The maximum Gasteiger partial charge on any atom is 0.433 e. The van der Waals surface area contributed by atoms with Crippen LogP contribution in [-0.2, 0) is 4.79 Å². The van der Waals surface area contributed by atoms with E-state index in [1.54, 1.807) is 0 Å². The monoisotopic (exact) mass is 297 g/mol. The second kappa shape index (κ2) is 5.34. The average molecular weight is 297 g/mol. The lowest BCUT2D eigenvalue weighted by Gasteiger charge is -2.02. The van der Waals surface area contributed by atoms with Crippen molar-refractivity contribution < 1.29 is 14.1 Å². The van der Waals surface area contributed by atoms with Crippen LogP contribution in [0.1, 0.15) is 5.76 Å². The lowest BCUT2D eigenvalue weighted by molar-refractivity contribution is -0.402. The molecule has 1 aliphatic heterocycles. The summed E-state index contributed by atoms with van der Waals surface area (Å²) in [7, 11) is 0. The molecule has 0 atom stereocenters. The van der Waals surface area contributed by atoms with E-state index in [9.17, 15) is 14.9 Å². The van der Waals surface area contributed by atoms with Gasteiger partial charge in [-0.3, -0.25) is 14.9 Å². The third-order valence-corrected chi connectivity index (χ3v) is 3.47. The summed E-state index contributed by atoms with van der Waals surface area (Å²) in [5.41, 5.74) is 0. The van der Waals surface area contributed by atoms with Crippen LogP contribution in [0.25, 0.3) is 6.08 Å². The van der Waals surface area contributed by atoms with Crippen LogP contribution in [0.4, 0.5) is 5.88 Å². The number of hydrazine groups is 1. The van der Waals surface area contributed by atoms with Crippen LogP contribution in [0.15, 0.2) is 33.6 Å². The van der Waals surface area contributed by atoms with E-state index >= 15 is 0 Å². The number of nitro groups is 1. The molecular weight excluding hydrogens is 290 g/mol. The summed E-state index contributed by atoms with van der Waals surface area (Å²) in [5, 5.41) is 11.3. The Kier molecular flexibility index (Phi) is 3.79. The summed E-state index contributed by atoms with van der Waals surface area (Å²) >= 11 is 5.94. The van der Waals surface area contributed by atoms with Crippen molar-refractivity contribution in [3.05, 3.63) is 45.1 Å². The molecule has 9 heteroatoms. The summed E-state index contributed by atoms with van der Waals surface area (Å²) in [6, 6.07) is 2.70. The molecule has 1 aromatic rings. The average Bonchev–Trinajstić information content (AvgIpc) is 2.92. The molecule has 2 rings (SSSR count). The first-order chi connectivity index (χ1) is 8.99. The number of amides is 1. The zero-order valence-corrected chi connectivity index (χ0v) is 10.9. The predicted octanol–water partition coefficient (Wildman–Crippen LogP) is 1.82. The van der Waals surface area contributed by atoms with Crippen LogP contribution in [0.2, 0.25) is 0 Å². The number of nitrogens with two attached hydrogens (primary N) is 1. The molecule has 0 bridgehead atoms. The SMILES string of the molecule is NN1C(=O)/C(=C\C=C\c2ccc([N+](=O)[O-])o2)SC1=S. The highest BCUT2D eigenvalue weighted by Crippen LogP contribution is 2.28. The molecule has 2 heterocycles. The molecule has 0 unspecified atom stereocenters. The summed E-state index contributed by atoms with van der Waals surface area (Å²) in [6.07, 6.45) is 4.54. The molecular formula is C10H7N3O4S2. The van der Waals surface area contributed by atoms with Gasteiger partial charge in [-0.05, 0) is 18.2 Å². The van der Waals surface area contributed by atoms with Crippen LogP contribution in [0.5, 0.6) is 0 Å². The fraction of sp³-hybridized carbons (Fsp3) is 0. The van der Waals surface area contributed by atoms with Gasteiger partial charge in [0.05, 0.1) is 11.0 Å². The van der Waals surface area contributed by atoms with Gasteiger partial charge in [0.25, 0.3) is 5.91 Å². The number of allylic oxidation sites excluding steroid dienone is 2. The Bertz CT molecular complexity index is 620. The van der Waals surface area contributed by atoms with Crippen molar-refractivity contribution in [2.75, 3.05) is 0 Å². The summed E-state index contributed by atoms with van der Waals surface area (Å²) in [6.45, 7) is 0. The molecule has 0 aromatic carbocycles. The molecule has 19 heavy (non-hydrogen) atoms. The fourth-order valence-electron chi connectivity index (χ4n) is 1.25. The van der Waals surface area contributed by atoms with Gasteiger partial charge in [0.15, 0.2) is 4.32 Å². The van der Waals surface area contributed by atoms with Crippen molar-refractivity contribution in [1.82, 2.24) is 5.01 Å². The molecule has 0 saturated carbocycles. The van der Waals surface area contributed by atoms with Gasteiger partial charge in [0, 0.05) is 0 Å². The van der Waals surface area contributed by atoms with Gasteiger partial charge in [-0.25, -0.2) is 10.9 Å². The highest BCUT2D eigenvalue weighted by atomic mass is 32.2. The molecule has 1 aliphatic rings. The molecule has 0 aliphatic carbocycles. The smallest absolute Gasteiger partial charge is 0.401 e. The van der Waals surface area contributed by atoms with Gasteiger partial charge in [0.1, 0.15) is 10.7 Å². The van der Waals surface area contributed by atoms with Gasteiger partial charge >= 0.3 is 5.88 Å². The minimum absolute atomic E-state index is 0.276. The highest BCUT2D eigenvalue weighted by molar-refractivity contribution is 8.26. The van der Waals surface area contributed by atoms with Gasteiger partial charge < -0.3 is 4.42 Å². The lowest BCUT2D eigenvalue weighted by atomic mass is 10.3. The van der Waals surface area contributed by atoms with E-state index in [4.69, 9.17) is 22.5 Å². The molecule has 2 N–H and O–H groups in total. The van der Waals surface area contributed by atoms with Gasteiger partial charge in [0.2, 0.25) is 0 Å². The van der Waals surface area contributed by atoms with Crippen molar-refractivity contribution in [2.24, 2.45) is 5.84 Å². The normalized spacial score (nSPS) is 17.9. The largest absolute Gasteiger partial charge is 0.433 e. The number of thioether (sulfide) groups is 1. The Balaban J connectivity index is 2.09. The lowest BCUT2D eigenvalue weighted by Crippen LogP contribution is -2.34. The maximum atomic E-state index is 11.5. The molecule has 7 nitrogen and oxygen atoms in total. The summed E-state index contributed by atoms with van der Waals surface area (Å²) in [4.78, 5) is 21.7. The number of nitrogens with zero attached hydrogens (tertiary/aromatic N) is 2. The third kappa shape index (κ3) is 2.89. The number of carbonyl (C=O) groups is 1. The molecule has 0 spiro atoms. The van der Waals surface area contributed by atoms with Crippen LogP contribution in [0.3, 0.4) is 0 Å². The third-order valence-electron chi connectivity index (χ3n) is 2.12. The van der Waals surface area contributed by atoms with Crippen LogP contribution < -0.4 is 5.84 Å². The molecule has 1 saturated heterocycles. The van der Waals surface area contributed by atoms with Crippen molar-refractivity contribution in [3.8, 4) is 0 Å². The second-order valence-electron chi connectivity index (χ2n) is 3.37. The Labute approximate surface area is 116 Å². The number of hydrogen-bond acceptors (Lipinski definition) is 7. The van der Waals surface area contributed by atoms with E-state index in [1.165, 1.54) is 30.4 Å². The summed E-state index contributed by atoms with van der Waals surface area (Å²) in [5.74, 6) is 4.98. The fourth-order valence-corrected chi connectivity index (χ4v) is 2.31. The Morgan fingerprint density at radius 2 is 2.26 bits per heavy atom. The van der Waals surface area contributed by atoms with Crippen molar-refractivity contribution >= 4 is 46.2 Å². The predicted molar refractivity (Wildman–Crippen MR) is 73.7 cm³/mol. The number of rotatable bonds is 3. The van der Waals surface area contributed by atoms with E-state index in [1.807, 2.05) is 0 Å². The van der Waals surface area contributed by atoms with Crippen LogP contribution in [0, 0.1) is 10.1 Å². The van der Waals surface area contributed by atoms with Gasteiger partial charge in [-0.2, -0.15) is 0 Å². The van der Waals surface area contributed by atoms with Crippen molar-refractivity contribution in [2.45, 2.75) is 0 Å². The van der Waals surface area contributed by atoms with Gasteiger partial charge in [-0.1, -0.05) is 30.1 Å². The topological polar surface area (TPSA) is 103 Å². The summed E-state index contributed by atoms with van der Waals surface area (Å²) < 4.78 is 5.19. The first-order valence-electron chi connectivity index (χ1n) is 4.92. The molecule has 1 fully saturated rings. The maximum absolute atomic E-state index is 11.5. The van der Waals surface area contributed by atoms with E-state index in [-0.39, 0.29) is 16.1 Å². The number of furan rings is 1. The standard InChI is InChI=1S/C10H7N3O4S2/c11-12-9(14)7(19-10(12)18)3-1-2-6-4-5-8(17-6)13(15)16/h1-5H,11H2/b2-1+,7-3+. The zero-order chi connectivity index (χ0) is 14.0. The number of hydrogen-bond donors (Lipinski definition) is 1. The zero-order valence-electron chi connectivity index (χ0n) is 9.31. The number of thiocarbonyl (C=S) groups is 1. The first kappa shape index (κ1) is 13.5. The molecule has 1 amide bonds. The Hall–Kier alpha value is -1.97. The quantitative estimate of drug-likeness (QED) is 0.227. The van der Waals surface area contributed by atoms with Crippen LogP contribution in [-0.4, -0.2) is 20.2 Å². The van der Waals surface area contributed by atoms with E-state index in [0.717, 1.165) is 16.8 Å². The second-order valence-corrected chi connectivity index (χ2v) is 5.04. The highest BCUT2D eigenvalue weighted by Gasteiger charge is 2.29. The van der Waals surface area contributed by atoms with Crippen molar-refractivity contribution in [3.63, 3.8) is 0 Å². The molecule has 0 radical (unpaired) electrons. The first-order valence-corrected chi connectivity index (χ1v) is 6.15. The minimum Gasteiger partial charge on any atom is -0.401 e. The van der Waals surface area contributed by atoms with Gasteiger partial charge in [-0.15, -0.1) is 0 Å². The Morgan fingerprint density at radius 3 is 2.79 bits per heavy atom. The minimum atomic E-state index is -0.628. The van der Waals surface area contributed by atoms with E-state index < -0.39 is 4.92 Å². The Morgan fingerprint density at radius 1 is 1.53 bits per heavy atom. The number of carbonyl (C=O) groups excluding carboxylic acids is 1. The van der Waals surface area contributed by atoms with E-state index in [2.05, 4.69) is 0 Å². The molecule has 1 aromatic heterocycles.